The van der Waals surface area contributed by atoms with Crippen LogP contribution < -0.4 is 4.74 Å². The Morgan fingerprint density at radius 3 is 2.56 bits per heavy atom. The van der Waals surface area contributed by atoms with E-state index in [0.29, 0.717) is 19.6 Å². The number of carbonyl (C=O) groups is 1. The summed E-state index contributed by atoms with van der Waals surface area (Å²) in [6, 6.07) is 3.29. The number of nitrogens with zero attached hydrogens (tertiary/aromatic N) is 2. The number of piperidine rings is 1. The molecular weight excluding hydrogens is 487 g/mol. The van der Waals surface area contributed by atoms with Gasteiger partial charge in [0, 0.05) is 31.7 Å². The van der Waals surface area contributed by atoms with Gasteiger partial charge in [0.15, 0.2) is 15.9 Å². The van der Waals surface area contributed by atoms with E-state index in [1.807, 2.05) is 0 Å². The highest BCUT2D eigenvalue weighted by molar-refractivity contribution is 7.90. The first-order chi connectivity index (χ1) is 15.5. The third-order valence-corrected chi connectivity index (χ3v) is 7.52. The molecule has 4 rings (SSSR count). The van der Waals surface area contributed by atoms with Crippen LogP contribution in [-0.4, -0.2) is 55.8 Å². The van der Waals surface area contributed by atoms with Crippen molar-refractivity contribution in [2.45, 2.75) is 48.8 Å². The average Bonchev–Trinajstić information content (AvgIpc) is 3.07. The van der Waals surface area contributed by atoms with Crippen molar-refractivity contribution in [2.24, 2.45) is 5.92 Å². The zero-order chi connectivity index (χ0) is 25.3. The zero-order valence-electron chi connectivity index (χ0n) is 18.3. The molecule has 3 atom stereocenters. The maximum absolute atomic E-state index is 13.7. The van der Waals surface area contributed by atoms with Gasteiger partial charge in [-0.3, -0.25) is 4.79 Å². The number of carbonyl (C=O) groups excluding carboxylic acids is 1. The Kier molecular flexibility index (Phi) is 5.50. The summed E-state index contributed by atoms with van der Waals surface area (Å²) < 4.78 is 101. The molecule has 186 valence electrons. The molecular formula is C21H21F5N2O5S. The second-order valence-electron chi connectivity index (χ2n) is 8.96. The molecule has 1 aromatic heterocycles. The van der Waals surface area contributed by atoms with Gasteiger partial charge in [0.05, 0.1) is 10.5 Å². The van der Waals surface area contributed by atoms with Gasteiger partial charge in [0.2, 0.25) is 0 Å². The fourth-order valence-corrected chi connectivity index (χ4v) is 4.92. The third-order valence-electron chi connectivity index (χ3n) is 6.41. The number of benzene rings is 1. The summed E-state index contributed by atoms with van der Waals surface area (Å²) in [6.07, 6.45) is -4.49. The van der Waals surface area contributed by atoms with Crippen molar-refractivity contribution in [2.75, 3.05) is 19.3 Å². The number of aromatic nitrogens is 1. The van der Waals surface area contributed by atoms with Gasteiger partial charge in [-0.25, -0.2) is 17.2 Å². The van der Waals surface area contributed by atoms with Gasteiger partial charge >= 0.3 is 6.18 Å². The highest BCUT2D eigenvalue weighted by atomic mass is 32.2. The largest absolute Gasteiger partial charge is 0.484 e. The molecule has 0 bridgehead atoms. The number of fused-ring (bicyclic) bond motifs is 1. The highest BCUT2D eigenvalue weighted by Gasteiger charge is 2.65. The van der Waals surface area contributed by atoms with E-state index in [4.69, 9.17) is 4.74 Å². The lowest BCUT2D eigenvalue weighted by molar-refractivity contribution is -0.138. The van der Waals surface area contributed by atoms with E-state index >= 15 is 0 Å². The molecule has 0 radical (unpaired) electrons. The van der Waals surface area contributed by atoms with Gasteiger partial charge < -0.3 is 14.2 Å². The maximum Gasteiger partial charge on any atom is 0.421 e. The van der Waals surface area contributed by atoms with Crippen LogP contribution in [0.5, 0.6) is 5.75 Å². The maximum atomic E-state index is 13.7. The first-order valence-electron chi connectivity index (χ1n) is 10.2. The van der Waals surface area contributed by atoms with Crippen molar-refractivity contribution in [1.82, 2.24) is 10.1 Å². The van der Waals surface area contributed by atoms with Crippen molar-refractivity contribution in [3.05, 3.63) is 41.3 Å². The van der Waals surface area contributed by atoms with Crippen LogP contribution in [-0.2, 0) is 21.4 Å². The Bertz CT molecular complexity index is 1240. The minimum absolute atomic E-state index is 0.0883. The quantitative estimate of drug-likeness (QED) is 0.550. The van der Waals surface area contributed by atoms with Gasteiger partial charge in [0.1, 0.15) is 23.3 Å². The van der Waals surface area contributed by atoms with Crippen LogP contribution >= 0.6 is 0 Å². The number of hydrogen-bond acceptors (Lipinski definition) is 6. The van der Waals surface area contributed by atoms with Crippen molar-refractivity contribution in [1.29, 1.82) is 0 Å². The minimum Gasteiger partial charge on any atom is -0.484 e. The monoisotopic (exact) mass is 508 g/mol. The summed E-state index contributed by atoms with van der Waals surface area (Å²) >= 11 is 0. The molecule has 2 unspecified atom stereocenters. The number of sulfone groups is 1. The van der Waals surface area contributed by atoms with Crippen LogP contribution in [0.1, 0.15) is 41.9 Å². The second-order valence-corrected chi connectivity index (χ2v) is 11.0. The molecule has 1 saturated heterocycles. The number of halogens is 5. The van der Waals surface area contributed by atoms with Gasteiger partial charge in [-0.2, -0.15) is 13.2 Å². The van der Waals surface area contributed by atoms with Crippen molar-refractivity contribution in [3.8, 4) is 5.75 Å². The topological polar surface area (TPSA) is 89.7 Å². The molecule has 2 aromatic rings. The molecule has 13 heteroatoms. The summed E-state index contributed by atoms with van der Waals surface area (Å²) in [5.74, 6) is -4.55. The van der Waals surface area contributed by atoms with E-state index in [1.165, 1.54) is 4.90 Å². The van der Waals surface area contributed by atoms with E-state index in [9.17, 15) is 35.2 Å². The Morgan fingerprint density at radius 2 is 1.97 bits per heavy atom. The van der Waals surface area contributed by atoms with E-state index in [1.54, 1.807) is 0 Å². The predicted molar refractivity (Wildman–Crippen MR) is 107 cm³/mol. The van der Waals surface area contributed by atoms with Crippen LogP contribution in [0.4, 0.5) is 22.0 Å². The Balaban J connectivity index is 1.66. The molecule has 0 spiro atoms. The first-order valence-corrected chi connectivity index (χ1v) is 12.1. The molecule has 1 aromatic carbocycles. The Morgan fingerprint density at radius 1 is 1.29 bits per heavy atom. The molecule has 2 heterocycles. The molecule has 7 nitrogen and oxygen atoms in total. The zero-order valence-corrected chi connectivity index (χ0v) is 19.1. The lowest BCUT2D eigenvalue weighted by Gasteiger charge is -2.25. The summed E-state index contributed by atoms with van der Waals surface area (Å²) in [7, 11) is -3.75. The number of hydrogen-bond donors (Lipinski definition) is 0. The lowest BCUT2D eigenvalue weighted by atomic mass is 9.97. The number of rotatable bonds is 6. The number of alkyl halides is 5. The smallest absolute Gasteiger partial charge is 0.421 e. The van der Waals surface area contributed by atoms with Crippen molar-refractivity contribution in [3.63, 3.8) is 0 Å². The Hall–Kier alpha value is -2.70. The second kappa shape index (κ2) is 7.65. The number of ether oxygens (including phenoxy) is 1. The SMILES string of the molecule is C[C@H](Oc1ccc(S(C)(=O)=O)cc1C(=O)N1CC2CC2(c2nocc2C(F)(F)F)C1)C(C)(F)F. The minimum atomic E-state index is -4.68. The van der Waals surface area contributed by atoms with E-state index in [2.05, 4.69) is 9.68 Å². The highest BCUT2D eigenvalue weighted by Crippen LogP contribution is 2.60. The summed E-state index contributed by atoms with van der Waals surface area (Å²) in [4.78, 5) is 14.4. The van der Waals surface area contributed by atoms with Gasteiger partial charge in [-0.15, -0.1) is 0 Å². The molecule has 2 fully saturated rings. The van der Waals surface area contributed by atoms with Crippen LogP contribution in [0.25, 0.3) is 0 Å². The Labute approximate surface area is 191 Å². The predicted octanol–water partition coefficient (Wildman–Crippen LogP) is 3.93. The number of amides is 1. The van der Waals surface area contributed by atoms with Crippen LogP contribution in [0, 0.1) is 5.92 Å². The molecule has 2 aliphatic rings. The number of likely N-dealkylation sites (tertiary alicyclic amines) is 1. The summed E-state index contributed by atoms with van der Waals surface area (Å²) in [6.45, 7) is 1.71. The van der Waals surface area contributed by atoms with Gasteiger partial charge in [-0.1, -0.05) is 5.16 Å². The molecule has 1 amide bonds. The van der Waals surface area contributed by atoms with Gasteiger partial charge in [0.25, 0.3) is 11.8 Å². The third kappa shape index (κ3) is 4.25. The van der Waals surface area contributed by atoms with Crippen LogP contribution in [0.3, 0.4) is 0 Å². The van der Waals surface area contributed by atoms with E-state index in [-0.39, 0.29) is 40.9 Å². The van der Waals surface area contributed by atoms with Crippen LogP contribution in [0.15, 0.2) is 33.9 Å². The van der Waals surface area contributed by atoms with E-state index in [0.717, 1.165) is 31.4 Å². The molecule has 1 aliphatic heterocycles. The summed E-state index contributed by atoms with van der Waals surface area (Å²) in [5, 5.41) is 3.55. The standard InChI is InChI=1S/C21H21F5N2O5S/c1-11(19(2,22)23)33-16-5-4-13(34(3,30)31)6-14(16)18(29)28-8-12-7-20(12,10-28)17-15(9-32-27-17)21(24,25)26/h4-6,9,11-12H,7-8,10H2,1-3H3/t11-,12?,20?/m0/s1. The van der Waals surface area contributed by atoms with E-state index < -0.39 is 44.9 Å². The lowest BCUT2D eigenvalue weighted by Crippen LogP contribution is -2.35. The van der Waals surface area contributed by atoms with Crippen molar-refractivity contribution < 1.29 is 44.4 Å². The van der Waals surface area contributed by atoms with Crippen molar-refractivity contribution >= 4 is 15.7 Å². The molecule has 34 heavy (non-hydrogen) atoms. The molecule has 1 saturated carbocycles. The molecule has 1 aliphatic carbocycles. The average molecular weight is 508 g/mol. The normalized spacial score (nSPS) is 23.5. The fourth-order valence-electron chi connectivity index (χ4n) is 4.28. The fraction of sp³-hybridized carbons (Fsp3) is 0.524. The first kappa shape index (κ1) is 24.4. The van der Waals surface area contributed by atoms with Crippen LogP contribution in [0.2, 0.25) is 0 Å². The summed E-state index contributed by atoms with van der Waals surface area (Å²) in [5.41, 5.74) is -2.59. The molecule has 0 N–H and O–H groups in total. The van der Waals surface area contributed by atoms with Gasteiger partial charge in [-0.05, 0) is 37.5 Å².